The zero-order valence-electron chi connectivity index (χ0n) is 14.6. The lowest BCUT2D eigenvalue weighted by Crippen LogP contribution is -2.44. The third-order valence-corrected chi connectivity index (χ3v) is 6.52. The predicted molar refractivity (Wildman–Crippen MR) is 95.2 cm³/mol. The highest BCUT2D eigenvalue weighted by molar-refractivity contribution is 7.89. The molecule has 3 rings (SSSR count). The number of halogens is 3. The van der Waals surface area contributed by atoms with Crippen molar-refractivity contribution in [2.45, 2.75) is 30.1 Å². The average molecular weight is 415 g/mol. The van der Waals surface area contributed by atoms with Gasteiger partial charge in [0.25, 0.3) is 15.7 Å². The zero-order chi connectivity index (χ0) is 20.7. The summed E-state index contributed by atoms with van der Waals surface area (Å²) in [5.74, 6) is 0. The number of anilines is 1. The van der Waals surface area contributed by atoms with Crippen LogP contribution in [-0.2, 0) is 22.6 Å². The zero-order valence-corrected chi connectivity index (χ0v) is 15.4. The molecule has 2 aromatic carbocycles. The number of hydrogen-bond acceptors (Lipinski definition) is 5. The van der Waals surface area contributed by atoms with Crippen LogP contribution in [0.5, 0.6) is 0 Å². The van der Waals surface area contributed by atoms with Crippen molar-refractivity contribution in [3.05, 3.63) is 63.7 Å². The third-order valence-electron chi connectivity index (χ3n) is 4.60. The molecule has 1 heterocycles. The SMILES string of the molecule is CN(C1CCc2ccc(C(F)(F)F)cc2N1)S(=O)(=O)c1ccccc1[N+](=O)[O-]. The number of aryl methyl sites for hydroxylation is 1. The van der Waals surface area contributed by atoms with E-state index in [1.807, 2.05) is 0 Å². The number of alkyl halides is 3. The molecule has 1 atom stereocenters. The molecule has 0 radical (unpaired) electrons. The maximum atomic E-state index is 12.9. The summed E-state index contributed by atoms with van der Waals surface area (Å²) >= 11 is 0. The van der Waals surface area contributed by atoms with Crippen LogP contribution in [0.2, 0.25) is 0 Å². The topological polar surface area (TPSA) is 92.6 Å². The average Bonchev–Trinajstić information content (AvgIpc) is 2.65. The summed E-state index contributed by atoms with van der Waals surface area (Å²) < 4.78 is 65.5. The van der Waals surface area contributed by atoms with Crippen molar-refractivity contribution in [1.29, 1.82) is 0 Å². The van der Waals surface area contributed by atoms with Crippen molar-refractivity contribution < 1.29 is 26.5 Å². The predicted octanol–water partition coefficient (Wildman–Crippen LogP) is 3.62. The molecule has 0 amide bonds. The van der Waals surface area contributed by atoms with Crippen LogP contribution in [0.15, 0.2) is 47.4 Å². The van der Waals surface area contributed by atoms with Crippen LogP contribution in [0.25, 0.3) is 0 Å². The minimum atomic E-state index is -4.52. The number of rotatable bonds is 4. The van der Waals surface area contributed by atoms with Gasteiger partial charge in [0, 0.05) is 18.8 Å². The van der Waals surface area contributed by atoms with Crippen LogP contribution in [0.1, 0.15) is 17.5 Å². The van der Waals surface area contributed by atoms with Crippen molar-refractivity contribution in [1.82, 2.24) is 4.31 Å². The van der Waals surface area contributed by atoms with Gasteiger partial charge in [-0.1, -0.05) is 18.2 Å². The number of hydrogen-bond donors (Lipinski definition) is 1. The lowest BCUT2D eigenvalue weighted by atomic mass is 9.99. The van der Waals surface area contributed by atoms with E-state index < -0.39 is 43.4 Å². The van der Waals surface area contributed by atoms with Gasteiger partial charge in [-0.15, -0.1) is 0 Å². The fraction of sp³-hybridized carbons (Fsp3) is 0.294. The van der Waals surface area contributed by atoms with Crippen LogP contribution in [0, 0.1) is 10.1 Å². The van der Waals surface area contributed by atoms with Gasteiger partial charge in [0.2, 0.25) is 0 Å². The van der Waals surface area contributed by atoms with Gasteiger partial charge in [0.1, 0.15) is 0 Å². The molecule has 1 aliphatic rings. The molecule has 28 heavy (non-hydrogen) atoms. The lowest BCUT2D eigenvalue weighted by molar-refractivity contribution is -0.387. The smallest absolute Gasteiger partial charge is 0.368 e. The molecule has 0 saturated heterocycles. The maximum Gasteiger partial charge on any atom is 0.416 e. The molecule has 11 heteroatoms. The first-order valence-corrected chi connectivity index (χ1v) is 9.64. The minimum Gasteiger partial charge on any atom is -0.368 e. The summed E-state index contributed by atoms with van der Waals surface area (Å²) in [5, 5.41) is 14.0. The molecule has 1 aliphatic heterocycles. The molecule has 150 valence electrons. The van der Waals surface area contributed by atoms with E-state index in [1.54, 1.807) is 0 Å². The number of benzene rings is 2. The van der Waals surface area contributed by atoms with E-state index in [0.717, 1.165) is 28.6 Å². The molecule has 0 spiro atoms. The molecular formula is C17H16F3N3O4S. The van der Waals surface area contributed by atoms with Crippen molar-refractivity contribution in [3.63, 3.8) is 0 Å². The fourth-order valence-corrected chi connectivity index (χ4v) is 4.53. The minimum absolute atomic E-state index is 0.190. The van der Waals surface area contributed by atoms with Crippen LogP contribution < -0.4 is 5.32 Å². The first-order valence-electron chi connectivity index (χ1n) is 8.20. The second-order valence-corrected chi connectivity index (χ2v) is 8.28. The highest BCUT2D eigenvalue weighted by Gasteiger charge is 2.36. The number of para-hydroxylation sites is 1. The molecule has 0 bridgehead atoms. The van der Waals surface area contributed by atoms with Gasteiger partial charge in [-0.3, -0.25) is 10.1 Å². The number of nitrogens with zero attached hydrogens (tertiary/aromatic N) is 2. The van der Waals surface area contributed by atoms with Gasteiger partial charge >= 0.3 is 6.18 Å². The summed E-state index contributed by atoms with van der Waals surface area (Å²) in [4.78, 5) is 9.90. The molecule has 1 unspecified atom stereocenters. The summed E-state index contributed by atoms with van der Waals surface area (Å²) in [6.07, 6.45) is -4.70. The number of nitro benzene ring substituents is 1. The Bertz CT molecular complexity index is 1020. The van der Waals surface area contributed by atoms with E-state index in [2.05, 4.69) is 5.32 Å². The molecule has 7 nitrogen and oxygen atoms in total. The van der Waals surface area contributed by atoms with E-state index >= 15 is 0 Å². The molecule has 0 saturated carbocycles. The highest BCUT2D eigenvalue weighted by Crippen LogP contribution is 2.36. The second-order valence-electron chi connectivity index (χ2n) is 6.31. The number of nitro groups is 1. The summed E-state index contributed by atoms with van der Waals surface area (Å²) in [6.45, 7) is 0. The van der Waals surface area contributed by atoms with Crippen LogP contribution in [0.3, 0.4) is 0 Å². The largest absolute Gasteiger partial charge is 0.416 e. The second kappa shape index (κ2) is 7.06. The summed E-state index contributed by atoms with van der Waals surface area (Å²) in [6, 6.07) is 8.21. The molecule has 0 aliphatic carbocycles. The van der Waals surface area contributed by atoms with Gasteiger partial charge in [-0.2, -0.15) is 17.5 Å². The van der Waals surface area contributed by atoms with E-state index in [1.165, 1.54) is 25.2 Å². The lowest BCUT2D eigenvalue weighted by Gasteiger charge is -2.33. The molecule has 0 aromatic heterocycles. The number of sulfonamides is 1. The summed E-state index contributed by atoms with van der Waals surface area (Å²) in [5.41, 5.74) is -0.579. The van der Waals surface area contributed by atoms with E-state index in [4.69, 9.17) is 0 Å². The van der Waals surface area contributed by atoms with Gasteiger partial charge in [0.15, 0.2) is 4.90 Å². The number of fused-ring (bicyclic) bond motifs is 1. The molecular weight excluding hydrogens is 399 g/mol. The number of nitrogens with one attached hydrogen (secondary N) is 1. The van der Waals surface area contributed by atoms with Gasteiger partial charge in [-0.25, -0.2) is 8.42 Å². The third kappa shape index (κ3) is 3.67. The van der Waals surface area contributed by atoms with Crippen LogP contribution in [-0.4, -0.2) is 30.9 Å². The van der Waals surface area contributed by atoms with E-state index in [0.29, 0.717) is 18.4 Å². The Morgan fingerprint density at radius 2 is 1.89 bits per heavy atom. The highest BCUT2D eigenvalue weighted by atomic mass is 32.2. The van der Waals surface area contributed by atoms with E-state index in [-0.39, 0.29) is 5.69 Å². The van der Waals surface area contributed by atoms with Gasteiger partial charge in [-0.05, 0) is 36.6 Å². The van der Waals surface area contributed by atoms with Crippen LogP contribution >= 0.6 is 0 Å². The van der Waals surface area contributed by atoms with Crippen molar-refractivity contribution in [2.24, 2.45) is 0 Å². The Kier molecular flexibility index (Phi) is 5.06. The van der Waals surface area contributed by atoms with Crippen LogP contribution in [0.4, 0.5) is 24.5 Å². The standard InChI is InChI=1S/C17H16F3N3O4S/c1-22(28(26,27)15-5-3-2-4-14(15)23(24)25)16-9-7-11-6-8-12(17(18,19)20)10-13(11)21-16/h2-6,8,10,16,21H,7,9H2,1H3. The van der Waals surface area contributed by atoms with Crippen molar-refractivity contribution in [2.75, 3.05) is 12.4 Å². The molecule has 1 N–H and O–H groups in total. The summed E-state index contributed by atoms with van der Waals surface area (Å²) in [7, 11) is -3.01. The Hall–Kier alpha value is -2.66. The Balaban J connectivity index is 1.92. The van der Waals surface area contributed by atoms with E-state index in [9.17, 15) is 31.7 Å². The molecule has 0 fully saturated rings. The first kappa shape index (κ1) is 20.1. The normalized spacial score (nSPS) is 17.1. The Morgan fingerprint density at radius 1 is 1.21 bits per heavy atom. The van der Waals surface area contributed by atoms with Gasteiger partial charge in [0.05, 0.1) is 16.7 Å². The fourth-order valence-electron chi connectivity index (χ4n) is 3.07. The maximum absolute atomic E-state index is 12.9. The van der Waals surface area contributed by atoms with Crippen molar-refractivity contribution >= 4 is 21.4 Å². The quantitative estimate of drug-likeness (QED) is 0.608. The monoisotopic (exact) mass is 415 g/mol. The van der Waals surface area contributed by atoms with Gasteiger partial charge < -0.3 is 5.32 Å². The van der Waals surface area contributed by atoms with Crippen molar-refractivity contribution in [3.8, 4) is 0 Å². The Labute approximate surface area is 159 Å². The molecule has 2 aromatic rings. The first-order chi connectivity index (χ1) is 13.0. The Morgan fingerprint density at radius 3 is 2.54 bits per heavy atom.